The van der Waals surface area contributed by atoms with Crippen molar-refractivity contribution in [1.82, 2.24) is 4.98 Å². The Bertz CT molecular complexity index is 661. The van der Waals surface area contributed by atoms with Crippen LogP contribution in [-0.2, 0) is 11.3 Å². The van der Waals surface area contributed by atoms with Gasteiger partial charge < -0.3 is 14.8 Å². The number of aromatic nitrogens is 1. The maximum atomic E-state index is 6.33. The molecule has 5 heteroatoms. The van der Waals surface area contributed by atoms with Crippen LogP contribution in [0.1, 0.15) is 23.7 Å². The summed E-state index contributed by atoms with van der Waals surface area (Å²) < 4.78 is 11.1. The van der Waals surface area contributed by atoms with Gasteiger partial charge in [0, 0.05) is 13.3 Å². The van der Waals surface area contributed by atoms with E-state index >= 15 is 0 Å². The lowest BCUT2D eigenvalue weighted by Gasteiger charge is -2.18. The second-order valence-electron chi connectivity index (χ2n) is 5.63. The molecule has 1 aromatic heterocycles. The lowest BCUT2D eigenvalue weighted by atomic mass is 10.1. The van der Waals surface area contributed by atoms with Crippen LogP contribution < -0.4 is 10.1 Å². The first-order chi connectivity index (χ1) is 11.0. The summed E-state index contributed by atoms with van der Waals surface area (Å²) in [6.45, 7) is 7.19. The molecule has 1 heterocycles. The number of anilines is 1. The molecular formula is C18H23ClN2O2. The van der Waals surface area contributed by atoms with E-state index < -0.39 is 0 Å². The molecular weight excluding hydrogens is 312 g/mol. The first-order valence-corrected chi connectivity index (χ1v) is 7.99. The fourth-order valence-corrected chi connectivity index (χ4v) is 2.54. The largest absolute Gasteiger partial charge is 0.489 e. The van der Waals surface area contributed by atoms with Crippen LogP contribution in [0, 0.1) is 13.8 Å². The summed E-state index contributed by atoms with van der Waals surface area (Å²) in [5.74, 6) is 0.908. The van der Waals surface area contributed by atoms with E-state index in [9.17, 15) is 0 Å². The number of rotatable bonds is 7. The van der Waals surface area contributed by atoms with Crippen LogP contribution in [0.3, 0.4) is 0 Å². The van der Waals surface area contributed by atoms with Crippen LogP contribution >= 0.6 is 11.6 Å². The standard InChI is InChI=1S/C18H23ClN2O2/c1-12-5-6-17(13(2)9-12)23-14(3)10-21-15-7-8-20-16(11-22-4)18(15)19/h5-9,14H,10-11H2,1-4H3,(H,20,21). The molecule has 0 aliphatic carbocycles. The van der Waals surface area contributed by atoms with E-state index in [0.29, 0.717) is 18.2 Å². The van der Waals surface area contributed by atoms with Gasteiger partial charge in [-0.1, -0.05) is 29.3 Å². The van der Waals surface area contributed by atoms with Crippen molar-refractivity contribution in [2.24, 2.45) is 0 Å². The zero-order chi connectivity index (χ0) is 16.8. The van der Waals surface area contributed by atoms with Crippen molar-refractivity contribution in [2.75, 3.05) is 19.0 Å². The van der Waals surface area contributed by atoms with Crippen LogP contribution in [0.15, 0.2) is 30.5 Å². The van der Waals surface area contributed by atoms with Gasteiger partial charge in [-0.05, 0) is 38.5 Å². The third kappa shape index (κ3) is 4.85. The average molecular weight is 335 g/mol. The van der Waals surface area contributed by atoms with Crippen molar-refractivity contribution < 1.29 is 9.47 Å². The van der Waals surface area contributed by atoms with Crippen molar-refractivity contribution in [1.29, 1.82) is 0 Å². The predicted molar refractivity (Wildman–Crippen MR) is 94.5 cm³/mol. The zero-order valence-electron chi connectivity index (χ0n) is 14.0. The Kier molecular flexibility index (Phi) is 6.25. The molecule has 4 nitrogen and oxygen atoms in total. The Morgan fingerprint density at radius 1 is 1.26 bits per heavy atom. The Morgan fingerprint density at radius 2 is 2.04 bits per heavy atom. The minimum Gasteiger partial charge on any atom is -0.489 e. The summed E-state index contributed by atoms with van der Waals surface area (Å²) in [6.07, 6.45) is 1.73. The lowest BCUT2D eigenvalue weighted by Crippen LogP contribution is -2.23. The Balaban J connectivity index is 1.96. The third-order valence-electron chi connectivity index (χ3n) is 3.48. The Hall–Kier alpha value is -1.78. The summed E-state index contributed by atoms with van der Waals surface area (Å²) in [6, 6.07) is 8.04. The highest BCUT2D eigenvalue weighted by Crippen LogP contribution is 2.25. The normalized spacial score (nSPS) is 12.0. The number of benzene rings is 1. The number of nitrogens with one attached hydrogen (secondary N) is 1. The van der Waals surface area contributed by atoms with Gasteiger partial charge >= 0.3 is 0 Å². The molecule has 1 unspecified atom stereocenters. The van der Waals surface area contributed by atoms with Gasteiger partial charge in [-0.15, -0.1) is 0 Å². The first kappa shape index (κ1) is 17.6. The van der Waals surface area contributed by atoms with Crippen molar-refractivity contribution in [2.45, 2.75) is 33.5 Å². The van der Waals surface area contributed by atoms with Gasteiger partial charge in [0.15, 0.2) is 0 Å². The van der Waals surface area contributed by atoms with E-state index in [0.717, 1.165) is 22.7 Å². The fraction of sp³-hybridized carbons (Fsp3) is 0.389. The van der Waals surface area contributed by atoms with E-state index in [2.05, 4.69) is 36.3 Å². The summed E-state index contributed by atoms with van der Waals surface area (Å²) >= 11 is 6.33. The van der Waals surface area contributed by atoms with Crippen LogP contribution in [0.5, 0.6) is 5.75 Å². The van der Waals surface area contributed by atoms with E-state index in [-0.39, 0.29) is 6.10 Å². The van der Waals surface area contributed by atoms with Crippen molar-refractivity contribution in [3.63, 3.8) is 0 Å². The van der Waals surface area contributed by atoms with E-state index in [4.69, 9.17) is 21.1 Å². The molecule has 0 bridgehead atoms. The van der Waals surface area contributed by atoms with Gasteiger partial charge in [0.2, 0.25) is 0 Å². The molecule has 0 aliphatic heterocycles. The molecule has 1 aromatic carbocycles. The number of hydrogen-bond acceptors (Lipinski definition) is 4. The monoisotopic (exact) mass is 334 g/mol. The van der Waals surface area contributed by atoms with Crippen LogP contribution in [-0.4, -0.2) is 24.7 Å². The fourth-order valence-electron chi connectivity index (χ4n) is 2.30. The summed E-state index contributed by atoms with van der Waals surface area (Å²) in [7, 11) is 1.62. The van der Waals surface area contributed by atoms with Crippen LogP contribution in [0.2, 0.25) is 5.02 Å². The molecule has 124 valence electrons. The first-order valence-electron chi connectivity index (χ1n) is 7.61. The van der Waals surface area contributed by atoms with Crippen LogP contribution in [0.4, 0.5) is 5.69 Å². The van der Waals surface area contributed by atoms with E-state index in [1.165, 1.54) is 5.56 Å². The topological polar surface area (TPSA) is 43.4 Å². The molecule has 0 radical (unpaired) electrons. The van der Waals surface area contributed by atoms with Gasteiger partial charge in [0.05, 0.1) is 29.6 Å². The van der Waals surface area contributed by atoms with Gasteiger partial charge in [-0.25, -0.2) is 0 Å². The molecule has 0 saturated heterocycles. The molecule has 0 amide bonds. The summed E-state index contributed by atoms with van der Waals surface area (Å²) in [5.41, 5.74) is 3.93. The lowest BCUT2D eigenvalue weighted by molar-refractivity contribution is 0.181. The van der Waals surface area contributed by atoms with E-state index in [1.807, 2.05) is 19.1 Å². The summed E-state index contributed by atoms with van der Waals surface area (Å²) in [4.78, 5) is 4.22. The Labute approximate surface area is 142 Å². The number of aryl methyl sites for hydroxylation is 2. The molecule has 0 aliphatic rings. The maximum Gasteiger partial charge on any atom is 0.122 e. The molecule has 2 aromatic rings. The van der Waals surface area contributed by atoms with Crippen LogP contribution in [0.25, 0.3) is 0 Å². The highest BCUT2D eigenvalue weighted by molar-refractivity contribution is 6.33. The highest BCUT2D eigenvalue weighted by Gasteiger charge is 2.10. The van der Waals surface area contributed by atoms with Gasteiger partial charge in [0.1, 0.15) is 11.9 Å². The number of pyridine rings is 1. The molecule has 0 fully saturated rings. The number of halogens is 1. The Morgan fingerprint density at radius 3 is 2.74 bits per heavy atom. The number of hydrogen-bond donors (Lipinski definition) is 1. The van der Waals surface area contributed by atoms with Crippen molar-refractivity contribution in [3.05, 3.63) is 52.3 Å². The molecule has 1 atom stereocenters. The molecule has 0 spiro atoms. The smallest absolute Gasteiger partial charge is 0.122 e. The van der Waals surface area contributed by atoms with Gasteiger partial charge in [-0.3, -0.25) is 4.98 Å². The van der Waals surface area contributed by atoms with Crippen molar-refractivity contribution >= 4 is 17.3 Å². The predicted octanol–water partition coefficient (Wildman–Crippen LogP) is 4.38. The minimum atomic E-state index is 0.00603. The average Bonchev–Trinajstić information content (AvgIpc) is 2.51. The SMILES string of the molecule is COCc1nccc(NCC(C)Oc2ccc(C)cc2C)c1Cl. The molecule has 23 heavy (non-hydrogen) atoms. The van der Waals surface area contributed by atoms with Gasteiger partial charge in [-0.2, -0.15) is 0 Å². The number of methoxy groups -OCH3 is 1. The molecule has 0 saturated carbocycles. The number of nitrogens with zero attached hydrogens (tertiary/aromatic N) is 1. The van der Waals surface area contributed by atoms with Gasteiger partial charge in [0.25, 0.3) is 0 Å². The maximum absolute atomic E-state index is 6.33. The third-order valence-corrected chi connectivity index (χ3v) is 3.90. The second kappa shape index (κ2) is 8.18. The quantitative estimate of drug-likeness (QED) is 0.816. The summed E-state index contributed by atoms with van der Waals surface area (Å²) in [5, 5.41) is 3.90. The number of ether oxygens (including phenoxy) is 2. The second-order valence-corrected chi connectivity index (χ2v) is 6.01. The van der Waals surface area contributed by atoms with Crippen molar-refractivity contribution in [3.8, 4) is 5.75 Å². The molecule has 2 rings (SSSR count). The molecule has 1 N–H and O–H groups in total. The minimum absolute atomic E-state index is 0.00603. The zero-order valence-corrected chi connectivity index (χ0v) is 14.8. The van der Waals surface area contributed by atoms with E-state index in [1.54, 1.807) is 13.3 Å². The highest BCUT2D eigenvalue weighted by atomic mass is 35.5.